The number of hydrogen-bond donors (Lipinski definition) is 1. The number of methoxy groups -OCH3 is 2. The van der Waals surface area contributed by atoms with E-state index in [2.05, 4.69) is 5.32 Å². The van der Waals surface area contributed by atoms with Gasteiger partial charge in [-0.25, -0.2) is 9.59 Å². The van der Waals surface area contributed by atoms with Crippen molar-refractivity contribution in [1.29, 1.82) is 0 Å². The Hall–Kier alpha value is -2.74. The lowest BCUT2D eigenvalue weighted by Crippen LogP contribution is -2.13. The van der Waals surface area contributed by atoms with Crippen LogP contribution < -0.4 is 14.8 Å². The topological polar surface area (TPSA) is 83.1 Å². The fourth-order valence-corrected chi connectivity index (χ4v) is 4.07. The van der Waals surface area contributed by atoms with Crippen LogP contribution in [0.25, 0.3) is 0 Å². The Morgan fingerprint density at radius 1 is 1.26 bits per heavy atom. The van der Waals surface area contributed by atoms with E-state index in [0.29, 0.717) is 33.2 Å². The van der Waals surface area contributed by atoms with Crippen LogP contribution in [0.4, 0.5) is 5.00 Å². The van der Waals surface area contributed by atoms with Gasteiger partial charge in [0.2, 0.25) is 6.23 Å². The van der Waals surface area contributed by atoms with Crippen LogP contribution >= 0.6 is 11.3 Å². The van der Waals surface area contributed by atoms with Crippen molar-refractivity contribution in [2.45, 2.75) is 27.0 Å². The normalized spacial score (nSPS) is 15.1. The maximum absolute atomic E-state index is 12.4. The Kier molecular flexibility index (Phi) is 5.27. The van der Waals surface area contributed by atoms with Gasteiger partial charge >= 0.3 is 11.9 Å². The third-order valence-corrected chi connectivity index (χ3v) is 5.55. The molecule has 2 heterocycles. The average Bonchev–Trinajstić information content (AvgIpc) is 3.11. The van der Waals surface area contributed by atoms with Crippen molar-refractivity contribution in [3.05, 3.63) is 39.3 Å². The molecule has 0 bridgehead atoms. The summed E-state index contributed by atoms with van der Waals surface area (Å²) in [6.07, 6.45) is -0.738. The third kappa shape index (κ3) is 3.21. The van der Waals surface area contributed by atoms with Gasteiger partial charge in [-0.1, -0.05) is 0 Å². The van der Waals surface area contributed by atoms with Crippen molar-refractivity contribution in [2.24, 2.45) is 0 Å². The van der Waals surface area contributed by atoms with Crippen molar-refractivity contribution >= 4 is 28.3 Å². The lowest BCUT2D eigenvalue weighted by molar-refractivity contribution is 0.0435. The summed E-state index contributed by atoms with van der Waals surface area (Å²) in [5, 5.41) is 3.76. The first kappa shape index (κ1) is 19.0. The minimum Gasteiger partial charge on any atom is -0.493 e. The molecule has 0 aliphatic carbocycles. The second-order valence-corrected chi connectivity index (χ2v) is 7.13. The van der Waals surface area contributed by atoms with Gasteiger partial charge < -0.3 is 24.3 Å². The first-order valence-electron chi connectivity index (χ1n) is 8.42. The number of aryl methyl sites for hydroxylation is 1. The number of rotatable bonds is 6. The number of esters is 2. The number of cyclic esters (lactones) is 1. The molecule has 1 atom stereocenters. The molecule has 0 radical (unpaired) electrons. The Labute approximate surface area is 161 Å². The summed E-state index contributed by atoms with van der Waals surface area (Å²) in [7, 11) is 2.97. The smallest absolute Gasteiger partial charge is 0.344 e. The Morgan fingerprint density at radius 3 is 2.63 bits per heavy atom. The van der Waals surface area contributed by atoms with E-state index in [0.717, 1.165) is 10.4 Å². The molecule has 0 amide bonds. The molecule has 7 nitrogen and oxygen atoms in total. The van der Waals surface area contributed by atoms with E-state index in [-0.39, 0.29) is 6.61 Å². The molecule has 3 rings (SSSR count). The van der Waals surface area contributed by atoms with Gasteiger partial charge in [0.15, 0.2) is 11.5 Å². The maximum Gasteiger partial charge on any atom is 0.344 e. The van der Waals surface area contributed by atoms with Gasteiger partial charge in [-0.15, -0.1) is 11.3 Å². The average molecular weight is 391 g/mol. The molecular formula is C19H21NO6S. The lowest BCUT2D eigenvalue weighted by atomic mass is 10.1. The molecule has 1 N–H and O–H groups in total. The van der Waals surface area contributed by atoms with Crippen molar-refractivity contribution in [3.8, 4) is 11.5 Å². The number of anilines is 1. The summed E-state index contributed by atoms with van der Waals surface area (Å²) in [6, 6.07) is 3.46. The second-order valence-electron chi connectivity index (χ2n) is 5.90. The van der Waals surface area contributed by atoms with Crippen LogP contribution in [-0.2, 0) is 9.47 Å². The number of thiophene rings is 1. The molecule has 0 unspecified atom stereocenters. The van der Waals surface area contributed by atoms with Crippen LogP contribution in [0.2, 0.25) is 0 Å². The summed E-state index contributed by atoms with van der Waals surface area (Å²) in [5.41, 5.74) is 2.25. The lowest BCUT2D eigenvalue weighted by Gasteiger charge is -2.15. The zero-order valence-electron chi connectivity index (χ0n) is 15.8. The molecule has 1 aromatic carbocycles. The molecule has 1 aliphatic rings. The van der Waals surface area contributed by atoms with Crippen molar-refractivity contribution < 1.29 is 28.5 Å². The largest absolute Gasteiger partial charge is 0.493 e. The summed E-state index contributed by atoms with van der Waals surface area (Å²) < 4.78 is 21.2. The molecule has 27 heavy (non-hydrogen) atoms. The van der Waals surface area contributed by atoms with Gasteiger partial charge in [0.05, 0.1) is 26.4 Å². The van der Waals surface area contributed by atoms with E-state index in [1.54, 1.807) is 19.1 Å². The van der Waals surface area contributed by atoms with Crippen molar-refractivity contribution in [3.63, 3.8) is 0 Å². The first-order chi connectivity index (χ1) is 12.9. The molecule has 1 aliphatic heterocycles. The summed E-state index contributed by atoms with van der Waals surface area (Å²) in [6.45, 7) is 5.83. The first-order valence-corrected chi connectivity index (χ1v) is 9.24. The van der Waals surface area contributed by atoms with Gasteiger partial charge in [0.1, 0.15) is 10.6 Å². The van der Waals surface area contributed by atoms with Crippen LogP contribution in [0.15, 0.2) is 12.1 Å². The minimum absolute atomic E-state index is 0.283. The molecule has 8 heteroatoms. The summed E-state index contributed by atoms with van der Waals surface area (Å²) >= 11 is 1.42. The summed E-state index contributed by atoms with van der Waals surface area (Å²) in [4.78, 5) is 25.8. The van der Waals surface area contributed by atoms with E-state index < -0.39 is 18.2 Å². The molecule has 0 saturated carbocycles. The third-order valence-electron chi connectivity index (χ3n) is 4.42. The standard InChI is InChI=1S/C19H21NO6S/c1-6-25-18(21)13-9(2)10(3)27-17(13)20-16-11-7-8-12(23-4)15(24-5)14(11)19(22)26-16/h7-8,16,20H,6H2,1-5H3/t16-/m0/s1. The highest BCUT2D eigenvalue weighted by Gasteiger charge is 2.37. The van der Waals surface area contributed by atoms with Gasteiger partial charge in [0.25, 0.3) is 0 Å². The summed E-state index contributed by atoms with van der Waals surface area (Å²) in [5.74, 6) is -0.142. The SMILES string of the molecule is CCOC(=O)c1c(N[C@H]2OC(=O)c3c2ccc(OC)c3OC)sc(C)c1C. The zero-order valence-corrected chi connectivity index (χ0v) is 16.6. The van der Waals surface area contributed by atoms with Gasteiger partial charge in [0, 0.05) is 10.4 Å². The number of carbonyl (C=O) groups excluding carboxylic acids is 2. The minimum atomic E-state index is -0.738. The molecule has 0 spiro atoms. The monoisotopic (exact) mass is 391 g/mol. The number of hydrogen-bond acceptors (Lipinski definition) is 8. The molecule has 0 fully saturated rings. The van der Waals surface area contributed by atoms with Crippen LogP contribution in [-0.4, -0.2) is 32.8 Å². The zero-order chi connectivity index (χ0) is 19.7. The number of carbonyl (C=O) groups is 2. The van der Waals surface area contributed by atoms with Crippen molar-refractivity contribution in [2.75, 3.05) is 26.1 Å². The van der Waals surface area contributed by atoms with E-state index in [1.807, 2.05) is 13.8 Å². The van der Waals surface area contributed by atoms with Gasteiger partial charge in [-0.3, -0.25) is 0 Å². The maximum atomic E-state index is 12.4. The van der Waals surface area contributed by atoms with E-state index >= 15 is 0 Å². The number of nitrogens with one attached hydrogen (secondary N) is 1. The predicted molar refractivity (Wildman–Crippen MR) is 101 cm³/mol. The molecule has 0 saturated heterocycles. The van der Waals surface area contributed by atoms with E-state index in [1.165, 1.54) is 25.6 Å². The fraction of sp³-hybridized carbons (Fsp3) is 0.368. The highest BCUT2D eigenvalue weighted by atomic mass is 32.1. The molecular weight excluding hydrogens is 370 g/mol. The highest BCUT2D eigenvalue weighted by Crippen LogP contribution is 2.43. The highest BCUT2D eigenvalue weighted by molar-refractivity contribution is 7.16. The van der Waals surface area contributed by atoms with Gasteiger partial charge in [-0.05, 0) is 38.5 Å². The number of fused-ring (bicyclic) bond motifs is 1. The van der Waals surface area contributed by atoms with Crippen LogP contribution in [0.1, 0.15) is 49.9 Å². The van der Waals surface area contributed by atoms with Crippen LogP contribution in [0.3, 0.4) is 0 Å². The Balaban J connectivity index is 2.00. The number of ether oxygens (including phenoxy) is 4. The van der Waals surface area contributed by atoms with Crippen molar-refractivity contribution in [1.82, 2.24) is 0 Å². The van der Waals surface area contributed by atoms with Crippen LogP contribution in [0.5, 0.6) is 11.5 Å². The van der Waals surface area contributed by atoms with Gasteiger partial charge in [-0.2, -0.15) is 0 Å². The molecule has 2 aromatic rings. The van der Waals surface area contributed by atoms with E-state index in [9.17, 15) is 9.59 Å². The molecule has 1 aromatic heterocycles. The molecule has 144 valence electrons. The Bertz CT molecular complexity index is 904. The Morgan fingerprint density at radius 2 is 2.00 bits per heavy atom. The van der Waals surface area contributed by atoms with Crippen LogP contribution in [0, 0.1) is 13.8 Å². The second kappa shape index (κ2) is 7.48. The number of benzene rings is 1. The quantitative estimate of drug-likeness (QED) is 0.749. The fourth-order valence-electron chi connectivity index (χ4n) is 3.00. The predicted octanol–water partition coefficient (Wildman–Crippen LogP) is 3.84. The van der Waals surface area contributed by atoms with E-state index in [4.69, 9.17) is 18.9 Å².